The van der Waals surface area contributed by atoms with Crippen molar-refractivity contribution >= 4 is 0 Å². The highest BCUT2D eigenvalue weighted by Crippen LogP contribution is 2.39. The lowest BCUT2D eigenvalue weighted by atomic mass is 10.1. The molecule has 0 spiro atoms. The summed E-state index contributed by atoms with van der Waals surface area (Å²) in [4.78, 5) is 0. The molecule has 1 atom stereocenters. The van der Waals surface area contributed by atoms with Crippen molar-refractivity contribution in [2.45, 2.75) is 31.7 Å². The van der Waals surface area contributed by atoms with Crippen molar-refractivity contribution in [3.05, 3.63) is 47.8 Å². The van der Waals surface area contributed by atoms with Gasteiger partial charge in [-0.15, -0.1) is 0 Å². The zero-order chi connectivity index (χ0) is 11.8. The molecule has 3 heteroatoms. The standard InChI is InChI=1S/C14H17N3/c1-10(15)11-4-6-13(7-5-11)17-9-8-14(16-17)12-2-3-12/h4-10,12H,2-3,15H2,1H3. The molecule has 0 bridgehead atoms. The summed E-state index contributed by atoms with van der Waals surface area (Å²) >= 11 is 0. The third-order valence-electron chi connectivity index (χ3n) is 3.29. The van der Waals surface area contributed by atoms with E-state index < -0.39 is 0 Å². The minimum absolute atomic E-state index is 0.0868. The van der Waals surface area contributed by atoms with E-state index in [2.05, 4.69) is 35.4 Å². The quantitative estimate of drug-likeness (QED) is 0.876. The largest absolute Gasteiger partial charge is 0.324 e. The van der Waals surface area contributed by atoms with Crippen LogP contribution in [0.5, 0.6) is 0 Å². The first-order valence-electron chi connectivity index (χ1n) is 6.15. The van der Waals surface area contributed by atoms with Crippen LogP contribution in [0, 0.1) is 0 Å². The summed E-state index contributed by atoms with van der Waals surface area (Å²) in [7, 11) is 0. The summed E-state index contributed by atoms with van der Waals surface area (Å²) in [6, 6.07) is 10.5. The lowest BCUT2D eigenvalue weighted by molar-refractivity contribution is 0.810. The SMILES string of the molecule is CC(N)c1ccc(-n2ccc(C3CC3)n2)cc1. The molecule has 1 heterocycles. The Bertz CT molecular complexity index is 507. The molecule has 1 saturated carbocycles. The highest BCUT2D eigenvalue weighted by molar-refractivity contribution is 5.35. The van der Waals surface area contributed by atoms with Gasteiger partial charge in [-0.3, -0.25) is 0 Å². The van der Waals surface area contributed by atoms with Gasteiger partial charge in [0.05, 0.1) is 11.4 Å². The van der Waals surface area contributed by atoms with Crippen LogP contribution in [0.15, 0.2) is 36.5 Å². The second-order valence-corrected chi connectivity index (χ2v) is 4.84. The average Bonchev–Trinajstić information content (AvgIpc) is 3.07. The molecule has 1 aliphatic carbocycles. The molecule has 2 aromatic rings. The van der Waals surface area contributed by atoms with Gasteiger partial charge in [0.25, 0.3) is 0 Å². The van der Waals surface area contributed by atoms with Crippen molar-refractivity contribution in [2.24, 2.45) is 5.73 Å². The zero-order valence-corrected chi connectivity index (χ0v) is 10.0. The van der Waals surface area contributed by atoms with Crippen molar-refractivity contribution in [1.29, 1.82) is 0 Å². The van der Waals surface area contributed by atoms with Crippen LogP contribution in [0.4, 0.5) is 0 Å². The minimum atomic E-state index is 0.0868. The van der Waals surface area contributed by atoms with Crippen molar-refractivity contribution in [2.75, 3.05) is 0 Å². The first-order valence-corrected chi connectivity index (χ1v) is 6.15. The maximum absolute atomic E-state index is 5.83. The Hall–Kier alpha value is -1.61. The van der Waals surface area contributed by atoms with E-state index in [0.29, 0.717) is 5.92 Å². The van der Waals surface area contributed by atoms with Crippen LogP contribution in [-0.4, -0.2) is 9.78 Å². The Morgan fingerprint density at radius 3 is 2.53 bits per heavy atom. The van der Waals surface area contributed by atoms with Crippen LogP contribution in [0.3, 0.4) is 0 Å². The van der Waals surface area contributed by atoms with E-state index in [9.17, 15) is 0 Å². The lowest BCUT2D eigenvalue weighted by Gasteiger charge is -2.07. The van der Waals surface area contributed by atoms with Crippen molar-refractivity contribution in [1.82, 2.24) is 9.78 Å². The molecule has 17 heavy (non-hydrogen) atoms. The average molecular weight is 227 g/mol. The van der Waals surface area contributed by atoms with Gasteiger partial charge in [-0.2, -0.15) is 5.10 Å². The number of rotatable bonds is 3. The molecule has 88 valence electrons. The molecule has 0 radical (unpaired) electrons. The number of nitrogens with two attached hydrogens (primary N) is 1. The second kappa shape index (κ2) is 4.00. The first kappa shape index (κ1) is 10.5. The fraction of sp³-hybridized carbons (Fsp3) is 0.357. The maximum Gasteiger partial charge on any atom is 0.0659 e. The van der Waals surface area contributed by atoms with E-state index in [0.717, 1.165) is 11.3 Å². The highest BCUT2D eigenvalue weighted by atomic mass is 15.3. The normalized spacial score (nSPS) is 17.1. The molecule has 3 nitrogen and oxygen atoms in total. The van der Waals surface area contributed by atoms with Gasteiger partial charge in [0, 0.05) is 18.2 Å². The fourth-order valence-corrected chi connectivity index (χ4v) is 2.01. The zero-order valence-electron chi connectivity index (χ0n) is 10.0. The summed E-state index contributed by atoms with van der Waals surface area (Å²) in [6.07, 6.45) is 4.62. The van der Waals surface area contributed by atoms with Gasteiger partial charge in [-0.05, 0) is 43.5 Å². The molecule has 0 saturated heterocycles. The molecule has 3 rings (SSSR count). The van der Waals surface area contributed by atoms with E-state index in [-0.39, 0.29) is 6.04 Å². The van der Waals surface area contributed by atoms with E-state index in [4.69, 9.17) is 5.73 Å². The maximum atomic E-state index is 5.83. The molecule has 1 unspecified atom stereocenters. The Morgan fingerprint density at radius 2 is 1.94 bits per heavy atom. The number of nitrogens with zero attached hydrogens (tertiary/aromatic N) is 2. The van der Waals surface area contributed by atoms with Gasteiger partial charge in [-0.25, -0.2) is 4.68 Å². The molecule has 1 aromatic heterocycles. The van der Waals surface area contributed by atoms with Crippen molar-refractivity contribution in [3.63, 3.8) is 0 Å². The van der Waals surface area contributed by atoms with Gasteiger partial charge in [0.1, 0.15) is 0 Å². The fourth-order valence-electron chi connectivity index (χ4n) is 2.01. The van der Waals surface area contributed by atoms with Crippen LogP contribution in [0.2, 0.25) is 0 Å². The minimum Gasteiger partial charge on any atom is -0.324 e. The predicted molar refractivity (Wildman–Crippen MR) is 68.1 cm³/mol. The van der Waals surface area contributed by atoms with E-state index >= 15 is 0 Å². The molecule has 0 aliphatic heterocycles. The number of benzene rings is 1. The second-order valence-electron chi connectivity index (χ2n) is 4.84. The van der Waals surface area contributed by atoms with Crippen LogP contribution >= 0.6 is 0 Å². The van der Waals surface area contributed by atoms with E-state index in [1.54, 1.807) is 0 Å². The van der Waals surface area contributed by atoms with Crippen molar-refractivity contribution in [3.8, 4) is 5.69 Å². The summed E-state index contributed by atoms with van der Waals surface area (Å²) < 4.78 is 1.94. The lowest BCUT2D eigenvalue weighted by Crippen LogP contribution is -2.05. The summed E-state index contributed by atoms with van der Waals surface area (Å²) in [6.45, 7) is 1.99. The topological polar surface area (TPSA) is 43.8 Å². The summed E-state index contributed by atoms with van der Waals surface area (Å²) in [5, 5.41) is 4.60. The smallest absolute Gasteiger partial charge is 0.0659 e. The van der Waals surface area contributed by atoms with Gasteiger partial charge in [-0.1, -0.05) is 12.1 Å². The van der Waals surface area contributed by atoms with Gasteiger partial charge in [0.15, 0.2) is 0 Å². The van der Waals surface area contributed by atoms with Crippen LogP contribution in [0.25, 0.3) is 5.69 Å². The van der Waals surface area contributed by atoms with Crippen LogP contribution in [0.1, 0.15) is 43.0 Å². The van der Waals surface area contributed by atoms with Crippen molar-refractivity contribution < 1.29 is 0 Å². The molecular formula is C14H17N3. The van der Waals surface area contributed by atoms with E-state index in [1.165, 1.54) is 18.5 Å². The molecule has 0 amide bonds. The Morgan fingerprint density at radius 1 is 1.24 bits per heavy atom. The van der Waals surface area contributed by atoms with Gasteiger partial charge in [0.2, 0.25) is 0 Å². The number of hydrogen-bond donors (Lipinski definition) is 1. The molecule has 1 aliphatic rings. The number of hydrogen-bond acceptors (Lipinski definition) is 2. The van der Waals surface area contributed by atoms with Gasteiger partial charge < -0.3 is 5.73 Å². The monoisotopic (exact) mass is 227 g/mol. The Kier molecular flexibility index (Phi) is 2.48. The molecule has 1 fully saturated rings. The van der Waals surface area contributed by atoms with Crippen LogP contribution < -0.4 is 5.73 Å². The third-order valence-corrected chi connectivity index (χ3v) is 3.29. The summed E-state index contributed by atoms with van der Waals surface area (Å²) in [5.74, 6) is 0.708. The Balaban J connectivity index is 1.86. The van der Waals surface area contributed by atoms with E-state index in [1.807, 2.05) is 17.8 Å². The predicted octanol–water partition coefficient (Wildman–Crippen LogP) is 2.77. The first-order chi connectivity index (χ1) is 8.24. The molecule has 1 aromatic carbocycles. The summed E-state index contributed by atoms with van der Waals surface area (Å²) in [5.41, 5.74) is 9.31. The molecule has 2 N–H and O–H groups in total. The third kappa shape index (κ3) is 2.11. The number of aromatic nitrogens is 2. The highest BCUT2D eigenvalue weighted by Gasteiger charge is 2.25. The molecular weight excluding hydrogens is 210 g/mol. The van der Waals surface area contributed by atoms with Crippen LogP contribution in [-0.2, 0) is 0 Å². The Labute approximate surface area is 101 Å². The van der Waals surface area contributed by atoms with Gasteiger partial charge >= 0.3 is 0 Å².